The number of aliphatic hydroxyl groups excluding tert-OH is 1. The fourth-order valence-corrected chi connectivity index (χ4v) is 1.93. The quantitative estimate of drug-likeness (QED) is 0.778. The Morgan fingerprint density at radius 2 is 1.89 bits per heavy atom. The van der Waals surface area contributed by atoms with Crippen molar-refractivity contribution in [3.05, 3.63) is 60.2 Å². The molecule has 0 unspecified atom stereocenters. The number of para-hydroxylation sites is 1. The predicted octanol–water partition coefficient (Wildman–Crippen LogP) is 2.90. The van der Waals surface area contributed by atoms with E-state index in [1.165, 1.54) is 0 Å². The van der Waals surface area contributed by atoms with Crippen LogP contribution in [0.15, 0.2) is 53.1 Å². The number of ether oxygens (including phenoxy) is 1. The van der Waals surface area contributed by atoms with Crippen LogP contribution in [0.25, 0.3) is 10.9 Å². The number of hydrogen-bond acceptors (Lipinski definition) is 4. The Balaban J connectivity index is 1.81. The molecule has 19 heavy (non-hydrogen) atoms. The number of aromatic nitrogens is 1. The maximum Gasteiger partial charge on any atom is 0.146 e. The lowest BCUT2D eigenvalue weighted by Gasteiger charge is -2.06. The summed E-state index contributed by atoms with van der Waals surface area (Å²) in [6.45, 7) is 0.214. The molecule has 3 rings (SSSR count). The van der Waals surface area contributed by atoms with E-state index in [0.29, 0.717) is 18.1 Å². The van der Waals surface area contributed by atoms with Crippen LogP contribution in [0.3, 0.4) is 0 Å². The van der Waals surface area contributed by atoms with Crippen molar-refractivity contribution in [2.24, 2.45) is 0 Å². The molecule has 96 valence electrons. The normalized spacial score (nSPS) is 10.8. The summed E-state index contributed by atoms with van der Waals surface area (Å²) in [5.74, 6) is 1.94. The predicted molar refractivity (Wildman–Crippen MR) is 70.7 cm³/mol. The van der Waals surface area contributed by atoms with Crippen LogP contribution in [0.5, 0.6) is 5.75 Å². The van der Waals surface area contributed by atoms with Crippen molar-refractivity contribution < 1.29 is 14.3 Å². The van der Waals surface area contributed by atoms with Gasteiger partial charge in [-0.05, 0) is 24.3 Å². The molecule has 0 spiro atoms. The highest BCUT2D eigenvalue weighted by molar-refractivity contribution is 5.84. The van der Waals surface area contributed by atoms with Gasteiger partial charge in [0, 0.05) is 11.6 Å². The van der Waals surface area contributed by atoms with E-state index in [1.807, 2.05) is 30.3 Å². The average molecular weight is 255 g/mol. The highest BCUT2D eigenvalue weighted by atomic mass is 16.5. The zero-order chi connectivity index (χ0) is 13.1. The summed E-state index contributed by atoms with van der Waals surface area (Å²) in [6.07, 6.45) is 1.74. The maximum atomic E-state index is 8.93. The van der Waals surface area contributed by atoms with Crippen molar-refractivity contribution in [1.29, 1.82) is 0 Å². The van der Waals surface area contributed by atoms with Crippen LogP contribution in [-0.2, 0) is 13.2 Å². The number of benzene rings is 1. The van der Waals surface area contributed by atoms with E-state index in [9.17, 15) is 0 Å². The molecule has 1 aromatic carbocycles. The second-order valence-corrected chi connectivity index (χ2v) is 4.15. The summed E-state index contributed by atoms with van der Waals surface area (Å²) in [5, 5.41) is 9.97. The first-order valence-corrected chi connectivity index (χ1v) is 6.02. The molecule has 4 heteroatoms. The number of aliphatic hydroxyl groups is 1. The van der Waals surface area contributed by atoms with E-state index in [1.54, 1.807) is 18.3 Å². The largest absolute Gasteiger partial charge is 0.483 e. The molecule has 0 aliphatic carbocycles. The summed E-state index contributed by atoms with van der Waals surface area (Å²) < 4.78 is 11.1. The first kappa shape index (κ1) is 11.7. The first-order valence-electron chi connectivity index (χ1n) is 6.02. The van der Waals surface area contributed by atoms with Gasteiger partial charge >= 0.3 is 0 Å². The van der Waals surface area contributed by atoms with Gasteiger partial charge in [-0.2, -0.15) is 0 Å². The lowest BCUT2D eigenvalue weighted by atomic mass is 10.2. The third-order valence-corrected chi connectivity index (χ3v) is 2.84. The molecule has 2 aromatic heterocycles. The number of rotatable bonds is 4. The van der Waals surface area contributed by atoms with Crippen molar-refractivity contribution in [2.45, 2.75) is 13.2 Å². The van der Waals surface area contributed by atoms with E-state index in [-0.39, 0.29) is 6.61 Å². The maximum absolute atomic E-state index is 8.93. The third-order valence-electron chi connectivity index (χ3n) is 2.84. The molecule has 4 nitrogen and oxygen atoms in total. The monoisotopic (exact) mass is 255 g/mol. The molecule has 0 fully saturated rings. The first-order chi connectivity index (χ1) is 9.36. The van der Waals surface area contributed by atoms with E-state index >= 15 is 0 Å². The Labute approximate surface area is 110 Å². The SMILES string of the molecule is OCc1ccc(COc2cccc3cccnc23)o1. The Kier molecular flexibility index (Phi) is 3.16. The zero-order valence-electron chi connectivity index (χ0n) is 10.2. The Morgan fingerprint density at radius 1 is 1.05 bits per heavy atom. The second-order valence-electron chi connectivity index (χ2n) is 4.15. The van der Waals surface area contributed by atoms with Crippen LogP contribution in [0.4, 0.5) is 0 Å². The lowest BCUT2D eigenvalue weighted by molar-refractivity contribution is 0.225. The van der Waals surface area contributed by atoms with Gasteiger partial charge in [-0.1, -0.05) is 18.2 Å². The Hall–Kier alpha value is -2.33. The number of furan rings is 1. The van der Waals surface area contributed by atoms with E-state index in [0.717, 1.165) is 16.7 Å². The number of hydrogen-bond donors (Lipinski definition) is 1. The number of nitrogens with zero attached hydrogens (tertiary/aromatic N) is 1. The molecule has 0 saturated carbocycles. The van der Waals surface area contributed by atoms with Crippen LogP contribution >= 0.6 is 0 Å². The van der Waals surface area contributed by atoms with E-state index in [2.05, 4.69) is 4.98 Å². The molecular formula is C15H13NO3. The van der Waals surface area contributed by atoms with Gasteiger partial charge in [0.05, 0.1) is 0 Å². The van der Waals surface area contributed by atoms with Gasteiger partial charge in [-0.15, -0.1) is 0 Å². The van der Waals surface area contributed by atoms with Gasteiger partial charge in [-0.25, -0.2) is 0 Å². The molecule has 3 aromatic rings. The van der Waals surface area contributed by atoms with Crippen molar-refractivity contribution in [3.8, 4) is 5.75 Å². The summed E-state index contributed by atoms with van der Waals surface area (Å²) in [7, 11) is 0. The van der Waals surface area contributed by atoms with Crippen molar-refractivity contribution in [3.63, 3.8) is 0 Å². The minimum Gasteiger partial charge on any atom is -0.483 e. The molecule has 0 saturated heterocycles. The molecule has 0 atom stereocenters. The van der Waals surface area contributed by atoms with Crippen LogP contribution in [-0.4, -0.2) is 10.1 Å². The fraction of sp³-hybridized carbons (Fsp3) is 0.133. The highest BCUT2D eigenvalue weighted by Crippen LogP contribution is 2.24. The Bertz CT molecular complexity index is 685. The smallest absolute Gasteiger partial charge is 0.146 e. The molecule has 0 amide bonds. The summed E-state index contributed by atoms with van der Waals surface area (Å²) in [4.78, 5) is 4.32. The van der Waals surface area contributed by atoms with E-state index in [4.69, 9.17) is 14.3 Å². The van der Waals surface area contributed by atoms with Gasteiger partial charge < -0.3 is 14.3 Å². The van der Waals surface area contributed by atoms with Crippen molar-refractivity contribution in [2.75, 3.05) is 0 Å². The van der Waals surface area contributed by atoms with Crippen LogP contribution in [0.1, 0.15) is 11.5 Å². The molecule has 0 radical (unpaired) electrons. The second kappa shape index (κ2) is 5.12. The van der Waals surface area contributed by atoms with Crippen LogP contribution < -0.4 is 4.74 Å². The van der Waals surface area contributed by atoms with Crippen molar-refractivity contribution in [1.82, 2.24) is 4.98 Å². The molecular weight excluding hydrogens is 242 g/mol. The van der Waals surface area contributed by atoms with Gasteiger partial charge in [0.25, 0.3) is 0 Å². The van der Waals surface area contributed by atoms with Crippen molar-refractivity contribution >= 4 is 10.9 Å². The molecule has 0 bridgehead atoms. The summed E-state index contributed by atoms with van der Waals surface area (Å²) in [5.41, 5.74) is 0.832. The third kappa shape index (κ3) is 2.44. The summed E-state index contributed by atoms with van der Waals surface area (Å²) in [6, 6.07) is 13.2. The minimum atomic E-state index is -0.101. The van der Waals surface area contributed by atoms with Crippen LogP contribution in [0, 0.1) is 0 Å². The lowest BCUT2D eigenvalue weighted by Crippen LogP contribution is -1.95. The standard InChI is InChI=1S/C15H13NO3/c17-9-12-6-7-13(19-12)10-18-14-5-1-3-11-4-2-8-16-15(11)14/h1-8,17H,9-10H2. The molecule has 0 aliphatic rings. The van der Waals surface area contributed by atoms with Crippen LogP contribution in [0.2, 0.25) is 0 Å². The van der Waals surface area contributed by atoms with Gasteiger partial charge in [0.15, 0.2) is 0 Å². The number of fused-ring (bicyclic) bond motifs is 1. The average Bonchev–Trinajstić information content (AvgIpc) is 2.93. The van der Waals surface area contributed by atoms with E-state index < -0.39 is 0 Å². The topological polar surface area (TPSA) is 55.5 Å². The Morgan fingerprint density at radius 3 is 2.74 bits per heavy atom. The number of pyridine rings is 1. The highest BCUT2D eigenvalue weighted by Gasteiger charge is 2.05. The van der Waals surface area contributed by atoms with Gasteiger partial charge in [-0.3, -0.25) is 4.98 Å². The van der Waals surface area contributed by atoms with Gasteiger partial charge in [0.1, 0.15) is 36.0 Å². The van der Waals surface area contributed by atoms with Gasteiger partial charge in [0.2, 0.25) is 0 Å². The molecule has 2 heterocycles. The zero-order valence-corrected chi connectivity index (χ0v) is 10.2. The molecule has 0 aliphatic heterocycles. The molecule has 1 N–H and O–H groups in total. The fourth-order valence-electron chi connectivity index (χ4n) is 1.93. The minimum absolute atomic E-state index is 0.101. The summed E-state index contributed by atoms with van der Waals surface area (Å²) >= 11 is 0.